The van der Waals surface area contributed by atoms with Crippen molar-refractivity contribution in [3.8, 4) is 0 Å². The molecular formula is C12H16N2O4. The maximum Gasteiger partial charge on any atom is 0.354 e. The van der Waals surface area contributed by atoms with Gasteiger partial charge in [-0.3, -0.25) is 4.79 Å². The van der Waals surface area contributed by atoms with Crippen LogP contribution in [-0.2, 0) is 4.74 Å². The Bertz CT molecular complexity index is 432. The fourth-order valence-electron chi connectivity index (χ4n) is 1.25. The molecule has 1 rings (SSSR count). The largest absolute Gasteiger partial charge is 0.477 e. The Kier molecular flexibility index (Phi) is 5.26. The highest BCUT2D eigenvalue weighted by Crippen LogP contribution is 2.01. The van der Waals surface area contributed by atoms with Crippen LogP contribution in [0.5, 0.6) is 0 Å². The van der Waals surface area contributed by atoms with E-state index in [1.807, 2.05) is 13.8 Å². The molecule has 0 aromatic carbocycles. The minimum Gasteiger partial charge on any atom is -0.477 e. The van der Waals surface area contributed by atoms with E-state index in [-0.39, 0.29) is 23.3 Å². The number of ether oxygens (including phenoxy) is 1. The molecular weight excluding hydrogens is 236 g/mol. The summed E-state index contributed by atoms with van der Waals surface area (Å²) in [7, 11) is 0. The van der Waals surface area contributed by atoms with Crippen LogP contribution in [0.1, 0.15) is 34.7 Å². The van der Waals surface area contributed by atoms with E-state index in [0.717, 1.165) is 0 Å². The summed E-state index contributed by atoms with van der Waals surface area (Å²) >= 11 is 0. The third-order valence-electron chi connectivity index (χ3n) is 2.08. The van der Waals surface area contributed by atoms with Crippen LogP contribution in [0.2, 0.25) is 0 Å². The van der Waals surface area contributed by atoms with Crippen molar-refractivity contribution in [2.45, 2.75) is 20.0 Å². The van der Waals surface area contributed by atoms with Crippen molar-refractivity contribution in [1.29, 1.82) is 0 Å². The predicted octanol–water partition coefficient (Wildman–Crippen LogP) is 0.935. The first-order valence-corrected chi connectivity index (χ1v) is 5.60. The summed E-state index contributed by atoms with van der Waals surface area (Å²) in [5.41, 5.74) is 0.119. The molecule has 0 aliphatic rings. The Balaban J connectivity index is 2.51. The summed E-state index contributed by atoms with van der Waals surface area (Å²) in [4.78, 5) is 26.0. The van der Waals surface area contributed by atoms with Crippen molar-refractivity contribution in [3.05, 3.63) is 29.6 Å². The minimum atomic E-state index is -1.16. The van der Waals surface area contributed by atoms with E-state index in [2.05, 4.69) is 10.3 Å². The number of hydrogen-bond donors (Lipinski definition) is 2. The van der Waals surface area contributed by atoms with Gasteiger partial charge in [0.2, 0.25) is 0 Å². The second-order valence-electron chi connectivity index (χ2n) is 3.91. The topological polar surface area (TPSA) is 88.5 Å². The van der Waals surface area contributed by atoms with E-state index in [4.69, 9.17) is 9.84 Å². The molecule has 1 heterocycles. The number of rotatable bonds is 6. The van der Waals surface area contributed by atoms with Gasteiger partial charge >= 0.3 is 5.97 Å². The van der Waals surface area contributed by atoms with E-state index in [0.29, 0.717) is 13.2 Å². The van der Waals surface area contributed by atoms with Gasteiger partial charge in [-0.25, -0.2) is 9.78 Å². The maximum atomic E-state index is 11.7. The number of carboxylic acid groups (broad SMARTS) is 1. The van der Waals surface area contributed by atoms with Crippen LogP contribution in [-0.4, -0.2) is 41.2 Å². The average Bonchev–Trinajstić information content (AvgIpc) is 2.34. The van der Waals surface area contributed by atoms with Gasteiger partial charge in [0.25, 0.3) is 5.91 Å². The highest BCUT2D eigenvalue weighted by atomic mass is 16.5. The van der Waals surface area contributed by atoms with Crippen molar-refractivity contribution in [1.82, 2.24) is 10.3 Å². The van der Waals surface area contributed by atoms with Crippen molar-refractivity contribution in [2.24, 2.45) is 0 Å². The molecule has 1 aromatic heterocycles. The Morgan fingerprint density at radius 1 is 1.50 bits per heavy atom. The fourth-order valence-corrected chi connectivity index (χ4v) is 1.25. The molecule has 18 heavy (non-hydrogen) atoms. The van der Waals surface area contributed by atoms with Gasteiger partial charge < -0.3 is 15.2 Å². The molecule has 0 saturated carbocycles. The second-order valence-corrected chi connectivity index (χ2v) is 3.91. The van der Waals surface area contributed by atoms with Crippen LogP contribution in [0.4, 0.5) is 0 Å². The molecule has 2 N–H and O–H groups in total. The molecule has 0 aliphatic carbocycles. The monoisotopic (exact) mass is 252 g/mol. The minimum absolute atomic E-state index is 0.112. The zero-order valence-corrected chi connectivity index (χ0v) is 10.3. The lowest BCUT2D eigenvalue weighted by Gasteiger charge is -2.08. The number of amides is 1. The van der Waals surface area contributed by atoms with Gasteiger partial charge in [-0.2, -0.15) is 0 Å². The third kappa shape index (κ3) is 4.50. The molecule has 0 radical (unpaired) electrons. The highest BCUT2D eigenvalue weighted by Gasteiger charge is 2.10. The first-order valence-electron chi connectivity index (χ1n) is 5.60. The normalized spacial score (nSPS) is 10.4. The fraction of sp³-hybridized carbons (Fsp3) is 0.417. The van der Waals surface area contributed by atoms with Crippen molar-refractivity contribution in [3.63, 3.8) is 0 Å². The molecule has 0 aliphatic heterocycles. The smallest absolute Gasteiger partial charge is 0.354 e. The van der Waals surface area contributed by atoms with Crippen molar-refractivity contribution < 1.29 is 19.4 Å². The van der Waals surface area contributed by atoms with E-state index in [1.54, 1.807) is 0 Å². The summed E-state index contributed by atoms with van der Waals surface area (Å²) in [5, 5.41) is 11.4. The molecule has 0 atom stereocenters. The van der Waals surface area contributed by atoms with Gasteiger partial charge in [0, 0.05) is 18.3 Å². The molecule has 0 saturated heterocycles. The van der Waals surface area contributed by atoms with E-state index < -0.39 is 5.97 Å². The Labute approximate surface area is 105 Å². The molecule has 1 amide bonds. The molecule has 6 heteroatoms. The van der Waals surface area contributed by atoms with Gasteiger partial charge in [-0.15, -0.1) is 0 Å². The molecule has 98 valence electrons. The van der Waals surface area contributed by atoms with Gasteiger partial charge in [-0.05, 0) is 26.0 Å². The van der Waals surface area contributed by atoms with Gasteiger partial charge in [-0.1, -0.05) is 0 Å². The summed E-state index contributed by atoms with van der Waals surface area (Å²) < 4.78 is 5.27. The lowest BCUT2D eigenvalue weighted by Crippen LogP contribution is -2.28. The lowest BCUT2D eigenvalue weighted by atomic mass is 10.2. The van der Waals surface area contributed by atoms with Crippen LogP contribution < -0.4 is 5.32 Å². The van der Waals surface area contributed by atoms with Crippen LogP contribution in [0.3, 0.4) is 0 Å². The number of pyridine rings is 1. The zero-order chi connectivity index (χ0) is 13.5. The number of carbonyl (C=O) groups is 2. The number of carboxylic acids is 1. The first-order chi connectivity index (χ1) is 8.50. The van der Waals surface area contributed by atoms with E-state index >= 15 is 0 Å². The number of hydrogen-bond acceptors (Lipinski definition) is 4. The molecule has 0 spiro atoms. The van der Waals surface area contributed by atoms with Crippen LogP contribution in [0, 0.1) is 0 Å². The summed E-state index contributed by atoms with van der Waals surface area (Å²) in [5.74, 6) is -1.50. The summed E-state index contributed by atoms with van der Waals surface area (Å²) in [6, 6.07) is 2.70. The third-order valence-corrected chi connectivity index (χ3v) is 2.08. The van der Waals surface area contributed by atoms with Crippen LogP contribution in [0.15, 0.2) is 18.3 Å². The Morgan fingerprint density at radius 3 is 2.83 bits per heavy atom. The van der Waals surface area contributed by atoms with E-state index in [9.17, 15) is 9.59 Å². The van der Waals surface area contributed by atoms with Gasteiger partial charge in [0.05, 0.1) is 12.7 Å². The standard InChI is InChI=1S/C12H16N2O4/c1-8(2)18-6-5-14-11(15)9-3-4-13-10(7-9)12(16)17/h3-4,7-8H,5-6H2,1-2H3,(H,14,15)(H,16,17). The van der Waals surface area contributed by atoms with Gasteiger partial charge in [0.1, 0.15) is 5.69 Å². The Hall–Kier alpha value is -1.95. The molecule has 6 nitrogen and oxygen atoms in total. The Morgan fingerprint density at radius 2 is 2.22 bits per heavy atom. The molecule has 0 unspecified atom stereocenters. The quantitative estimate of drug-likeness (QED) is 0.735. The number of nitrogens with zero attached hydrogens (tertiary/aromatic N) is 1. The number of nitrogens with one attached hydrogen (secondary N) is 1. The number of carbonyl (C=O) groups excluding carboxylic acids is 1. The molecule has 1 aromatic rings. The van der Waals surface area contributed by atoms with Crippen molar-refractivity contribution in [2.75, 3.05) is 13.2 Å². The second kappa shape index (κ2) is 6.70. The van der Waals surface area contributed by atoms with Crippen LogP contribution in [0.25, 0.3) is 0 Å². The van der Waals surface area contributed by atoms with Crippen molar-refractivity contribution >= 4 is 11.9 Å². The number of aromatic nitrogens is 1. The zero-order valence-electron chi connectivity index (χ0n) is 10.3. The highest BCUT2D eigenvalue weighted by molar-refractivity contribution is 5.96. The molecule has 0 bridgehead atoms. The lowest BCUT2D eigenvalue weighted by molar-refractivity contribution is 0.0690. The summed E-state index contributed by atoms with van der Waals surface area (Å²) in [6.45, 7) is 4.61. The first kappa shape index (κ1) is 14.1. The molecule has 0 fully saturated rings. The number of aromatic carboxylic acids is 1. The van der Waals surface area contributed by atoms with Gasteiger partial charge in [0.15, 0.2) is 0 Å². The average molecular weight is 252 g/mol. The SMILES string of the molecule is CC(C)OCCNC(=O)c1ccnc(C(=O)O)c1. The van der Waals surface area contributed by atoms with Crippen LogP contribution >= 0.6 is 0 Å². The van der Waals surface area contributed by atoms with E-state index in [1.165, 1.54) is 18.3 Å². The predicted molar refractivity (Wildman–Crippen MR) is 64.6 cm³/mol. The summed E-state index contributed by atoms with van der Waals surface area (Å²) in [6.07, 6.45) is 1.41. The maximum absolute atomic E-state index is 11.7.